The zero-order valence-electron chi connectivity index (χ0n) is 11.9. The average Bonchev–Trinajstić information content (AvgIpc) is 2.86. The molecular formula is C12H13ClN4O3S3. The number of aromatic nitrogens is 2. The Balaban J connectivity index is 1.77. The molecule has 0 aliphatic carbocycles. The van der Waals surface area contributed by atoms with Gasteiger partial charge in [0.25, 0.3) is 0 Å². The number of thioether (sulfide) groups is 1. The van der Waals surface area contributed by atoms with Gasteiger partial charge in [-0.15, -0.1) is 22.0 Å². The van der Waals surface area contributed by atoms with E-state index < -0.39 is 10.0 Å². The van der Waals surface area contributed by atoms with Gasteiger partial charge in [0, 0.05) is 22.1 Å². The minimum atomic E-state index is -3.41. The van der Waals surface area contributed by atoms with Crippen LogP contribution in [0, 0.1) is 0 Å². The van der Waals surface area contributed by atoms with E-state index in [1.54, 1.807) is 12.1 Å². The molecule has 0 radical (unpaired) electrons. The molecule has 0 fully saturated rings. The molecule has 1 amide bonds. The van der Waals surface area contributed by atoms with Gasteiger partial charge in [-0.3, -0.25) is 9.52 Å². The minimum absolute atomic E-state index is 0.110. The summed E-state index contributed by atoms with van der Waals surface area (Å²) in [6.07, 6.45) is 1.31. The van der Waals surface area contributed by atoms with Crippen molar-refractivity contribution < 1.29 is 13.2 Å². The van der Waals surface area contributed by atoms with Crippen molar-refractivity contribution in [2.24, 2.45) is 0 Å². The summed E-state index contributed by atoms with van der Waals surface area (Å²) in [6, 6.07) is 7.36. The van der Waals surface area contributed by atoms with Gasteiger partial charge < -0.3 is 5.32 Å². The molecule has 2 aromatic rings. The zero-order chi connectivity index (χ0) is 16.9. The summed E-state index contributed by atoms with van der Waals surface area (Å²) in [5, 5.41) is 10.9. The van der Waals surface area contributed by atoms with E-state index in [9.17, 15) is 13.2 Å². The maximum atomic E-state index is 11.8. The Labute approximate surface area is 146 Å². The third-order valence-corrected chi connectivity index (χ3v) is 5.07. The topological polar surface area (TPSA) is 101 Å². The quantitative estimate of drug-likeness (QED) is 0.702. The highest BCUT2D eigenvalue weighted by Crippen LogP contribution is 2.23. The van der Waals surface area contributed by atoms with Gasteiger partial charge >= 0.3 is 0 Å². The van der Waals surface area contributed by atoms with E-state index in [0.717, 1.165) is 22.5 Å². The van der Waals surface area contributed by atoms with Gasteiger partial charge in [-0.05, 0) is 24.3 Å². The second kappa shape index (κ2) is 7.95. The van der Waals surface area contributed by atoms with Crippen molar-refractivity contribution in [2.75, 3.05) is 22.0 Å². The van der Waals surface area contributed by atoms with E-state index in [1.807, 2.05) is 12.1 Å². The molecule has 0 aliphatic heterocycles. The fourth-order valence-electron chi connectivity index (χ4n) is 1.45. The molecule has 0 unspecified atom stereocenters. The Hall–Kier alpha value is -1.36. The Kier molecular flexibility index (Phi) is 6.22. The summed E-state index contributed by atoms with van der Waals surface area (Å²) in [6.45, 7) is 0. The Morgan fingerprint density at radius 2 is 1.91 bits per heavy atom. The van der Waals surface area contributed by atoms with Crippen LogP contribution in [0.1, 0.15) is 6.42 Å². The number of benzene rings is 1. The third-order valence-electron chi connectivity index (χ3n) is 2.36. The number of nitrogens with zero attached hydrogens (tertiary/aromatic N) is 2. The Bertz CT molecular complexity index is 777. The number of sulfonamides is 1. The van der Waals surface area contributed by atoms with Crippen LogP contribution in [-0.4, -0.2) is 36.5 Å². The van der Waals surface area contributed by atoms with Gasteiger partial charge in [0.05, 0.1) is 6.26 Å². The molecule has 0 spiro atoms. The van der Waals surface area contributed by atoms with Gasteiger partial charge in [0.1, 0.15) is 0 Å². The summed E-state index contributed by atoms with van der Waals surface area (Å²) < 4.78 is 24.3. The number of rotatable bonds is 7. The van der Waals surface area contributed by atoms with Gasteiger partial charge in [0.2, 0.25) is 26.2 Å². The molecule has 2 rings (SSSR count). The third kappa shape index (κ3) is 6.73. The second-order valence-electron chi connectivity index (χ2n) is 4.39. The highest BCUT2D eigenvalue weighted by atomic mass is 35.5. The summed E-state index contributed by atoms with van der Waals surface area (Å²) in [5.41, 5.74) is 0. The summed E-state index contributed by atoms with van der Waals surface area (Å²) in [7, 11) is -3.41. The lowest BCUT2D eigenvalue weighted by molar-refractivity contribution is -0.115. The van der Waals surface area contributed by atoms with E-state index in [4.69, 9.17) is 11.6 Å². The molecule has 0 atom stereocenters. The number of amides is 1. The molecule has 0 aliphatic rings. The Morgan fingerprint density at radius 3 is 2.57 bits per heavy atom. The lowest BCUT2D eigenvalue weighted by Crippen LogP contribution is -2.11. The van der Waals surface area contributed by atoms with Crippen molar-refractivity contribution in [1.82, 2.24) is 10.2 Å². The van der Waals surface area contributed by atoms with Crippen molar-refractivity contribution in [3.63, 3.8) is 0 Å². The highest BCUT2D eigenvalue weighted by molar-refractivity contribution is 7.99. The number of hydrogen-bond acceptors (Lipinski definition) is 7. The summed E-state index contributed by atoms with van der Waals surface area (Å²) in [5.74, 6) is 0.384. The van der Waals surface area contributed by atoms with Crippen LogP contribution < -0.4 is 10.0 Å². The van der Waals surface area contributed by atoms with Crippen LogP contribution in [0.3, 0.4) is 0 Å². The lowest BCUT2D eigenvalue weighted by atomic mass is 10.4. The molecule has 2 N–H and O–H groups in total. The van der Waals surface area contributed by atoms with E-state index in [2.05, 4.69) is 20.2 Å². The first-order valence-electron chi connectivity index (χ1n) is 6.31. The summed E-state index contributed by atoms with van der Waals surface area (Å²) >= 11 is 8.29. The van der Waals surface area contributed by atoms with Crippen molar-refractivity contribution in [2.45, 2.75) is 11.3 Å². The molecule has 7 nitrogen and oxygen atoms in total. The molecule has 0 bridgehead atoms. The van der Waals surface area contributed by atoms with Gasteiger partial charge in [-0.25, -0.2) is 8.42 Å². The molecule has 1 aromatic heterocycles. The maximum absolute atomic E-state index is 11.8. The number of carbonyl (C=O) groups is 1. The fourth-order valence-corrected chi connectivity index (χ4v) is 3.92. The lowest BCUT2D eigenvalue weighted by Gasteiger charge is -2.02. The van der Waals surface area contributed by atoms with E-state index >= 15 is 0 Å². The van der Waals surface area contributed by atoms with E-state index in [-0.39, 0.29) is 16.2 Å². The number of anilines is 2. The van der Waals surface area contributed by atoms with Crippen molar-refractivity contribution in [1.29, 1.82) is 0 Å². The Morgan fingerprint density at radius 1 is 1.26 bits per heavy atom. The molecule has 11 heteroatoms. The molecule has 124 valence electrons. The molecule has 23 heavy (non-hydrogen) atoms. The maximum Gasteiger partial charge on any atom is 0.231 e. The van der Waals surface area contributed by atoms with E-state index in [1.165, 1.54) is 11.8 Å². The van der Waals surface area contributed by atoms with Gasteiger partial charge in [0.15, 0.2) is 0 Å². The molecule has 1 heterocycles. The zero-order valence-corrected chi connectivity index (χ0v) is 15.2. The average molecular weight is 393 g/mol. The van der Waals surface area contributed by atoms with E-state index in [0.29, 0.717) is 17.2 Å². The molecule has 0 saturated heterocycles. The largest absolute Gasteiger partial charge is 0.300 e. The van der Waals surface area contributed by atoms with Crippen LogP contribution >= 0.6 is 34.7 Å². The number of carbonyl (C=O) groups excluding carboxylic acids is 1. The van der Waals surface area contributed by atoms with Gasteiger partial charge in [-0.1, -0.05) is 22.9 Å². The van der Waals surface area contributed by atoms with Crippen LogP contribution in [0.5, 0.6) is 0 Å². The summed E-state index contributed by atoms with van der Waals surface area (Å²) in [4.78, 5) is 12.8. The SMILES string of the molecule is CS(=O)(=O)Nc1nnc(NC(=O)CCSc2ccc(Cl)cc2)s1. The van der Waals surface area contributed by atoms with Crippen LogP contribution in [0.2, 0.25) is 5.02 Å². The minimum Gasteiger partial charge on any atom is -0.300 e. The first-order chi connectivity index (χ1) is 10.8. The smallest absolute Gasteiger partial charge is 0.231 e. The van der Waals surface area contributed by atoms with Gasteiger partial charge in [-0.2, -0.15) is 0 Å². The normalized spacial score (nSPS) is 11.2. The number of hydrogen-bond donors (Lipinski definition) is 2. The molecule has 1 aromatic carbocycles. The van der Waals surface area contributed by atoms with Crippen molar-refractivity contribution in [3.8, 4) is 0 Å². The van der Waals surface area contributed by atoms with Crippen LogP contribution in [-0.2, 0) is 14.8 Å². The monoisotopic (exact) mass is 392 g/mol. The standard InChI is InChI=1S/C12H13ClN4O3S3/c1-23(19,20)17-12-16-15-11(22-12)14-10(18)6-7-21-9-4-2-8(13)3-5-9/h2-5H,6-7H2,1H3,(H,16,17)(H,14,15,18). The van der Waals surface area contributed by atoms with Crippen LogP contribution in [0.25, 0.3) is 0 Å². The van der Waals surface area contributed by atoms with Crippen LogP contribution in [0.4, 0.5) is 10.3 Å². The highest BCUT2D eigenvalue weighted by Gasteiger charge is 2.11. The number of halogens is 1. The number of nitrogens with one attached hydrogen (secondary N) is 2. The predicted octanol–water partition coefficient (Wildman–Crippen LogP) is 2.68. The fraction of sp³-hybridized carbons (Fsp3) is 0.250. The first kappa shape index (κ1) is 18.0. The van der Waals surface area contributed by atoms with Crippen LogP contribution in [0.15, 0.2) is 29.2 Å². The second-order valence-corrected chi connectivity index (χ2v) is 8.72. The van der Waals surface area contributed by atoms with Crippen molar-refractivity contribution in [3.05, 3.63) is 29.3 Å². The molecule has 0 saturated carbocycles. The first-order valence-corrected chi connectivity index (χ1v) is 10.4. The van der Waals surface area contributed by atoms with Crippen molar-refractivity contribution >= 4 is 60.9 Å². The molecular weight excluding hydrogens is 380 g/mol. The predicted molar refractivity (Wildman–Crippen MR) is 93.8 cm³/mol.